The number of benzene rings is 1. The Hall–Kier alpha value is -1.44. The van der Waals surface area contributed by atoms with E-state index in [2.05, 4.69) is 10.0 Å². The Labute approximate surface area is 139 Å². The number of amides is 1. The third-order valence-corrected chi connectivity index (χ3v) is 4.96. The second-order valence-corrected chi connectivity index (χ2v) is 7.06. The average molecular weight is 341 g/mol. The quantitative estimate of drug-likeness (QED) is 0.631. The average Bonchev–Trinajstić information content (AvgIpc) is 2.56. The number of rotatable bonds is 10. The third kappa shape index (κ3) is 5.93. The molecule has 130 valence electrons. The number of nitrogens with one attached hydrogen (secondary N) is 2. The number of carbonyl (C=O) groups excluding carboxylic acids is 1. The summed E-state index contributed by atoms with van der Waals surface area (Å²) in [6, 6.07) is 6.33. The minimum atomic E-state index is -3.71. The first-order valence-corrected chi connectivity index (χ1v) is 9.47. The van der Waals surface area contributed by atoms with Crippen molar-refractivity contribution in [3.8, 4) is 0 Å². The van der Waals surface area contributed by atoms with Gasteiger partial charge in [0.25, 0.3) is 5.91 Å². The summed E-state index contributed by atoms with van der Waals surface area (Å²) in [6.07, 6.45) is 1.86. The van der Waals surface area contributed by atoms with Gasteiger partial charge in [0.15, 0.2) is 0 Å². The van der Waals surface area contributed by atoms with Gasteiger partial charge >= 0.3 is 0 Å². The number of sulfonamides is 1. The Balaban J connectivity index is 2.93. The lowest BCUT2D eigenvalue weighted by Crippen LogP contribution is -2.34. The molecule has 0 fully saturated rings. The van der Waals surface area contributed by atoms with Crippen LogP contribution in [-0.2, 0) is 10.0 Å². The van der Waals surface area contributed by atoms with Gasteiger partial charge in [0.1, 0.15) is 0 Å². The third-order valence-electron chi connectivity index (χ3n) is 3.44. The second kappa shape index (κ2) is 9.64. The van der Waals surface area contributed by atoms with Gasteiger partial charge in [0.05, 0.1) is 10.5 Å². The number of hydrogen-bond donors (Lipinski definition) is 2. The molecule has 0 aromatic heterocycles. The molecule has 0 aliphatic carbocycles. The van der Waals surface area contributed by atoms with E-state index < -0.39 is 10.0 Å². The maximum absolute atomic E-state index is 12.5. The van der Waals surface area contributed by atoms with Crippen LogP contribution in [0.4, 0.5) is 0 Å². The van der Waals surface area contributed by atoms with Gasteiger partial charge in [-0.3, -0.25) is 4.79 Å². The Morgan fingerprint density at radius 2 is 1.87 bits per heavy atom. The first-order valence-electron chi connectivity index (χ1n) is 7.98. The molecule has 0 aliphatic heterocycles. The molecular weight excluding hydrogens is 314 g/mol. The van der Waals surface area contributed by atoms with Crippen LogP contribution in [0.2, 0.25) is 0 Å². The van der Waals surface area contributed by atoms with Gasteiger partial charge in [-0.15, -0.1) is 0 Å². The van der Waals surface area contributed by atoms with Crippen molar-refractivity contribution in [2.75, 3.05) is 33.2 Å². The Morgan fingerprint density at radius 3 is 2.52 bits per heavy atom. The first-order chi connectivity index (χ1) is 10.9. The molecule has 0 saturated heterocycles. The molecule has 6 nitrogen and oxygen atoms in total. The summed E-state index contributed by atoms with van der Waals surface area (Å²) in [7, 11) is -2.01. The molecule has 23 heavy (non-hydrogen) atoms. The Morgan fingerprint density at radius 1 is 1.17 bits per heavy atom. The molecule has 0 saturated carbocycles. The summed E-state index contributed by atoms with van der Waals surface area (Å²) < 4.78 is 27.4. The van der Waals surface area contributed by atoms with Crippen molar-refractivity contribution in [3.05, 3.63) is 29.8 Å². The molecule has 1 amide bonds. The van der Waals surface area contributed by atoms with Crippen LogP contribution < -0.4 is 10.0 Å². The highest BCUT2D eigenvalue weighted by atomic mass is 32.2. The molecule has 0 atom stereocenters. The van der Waals surface area contributed by atoms with Crippen LogP contribution in [0, 0.1) is 0 Å². The molecule has 0 unspecified atom stereocenters. The first kappa shape index (κ1) is 19.6. The SMILES string of the molecule is CCCCN(C)C(=O)c1ccccc1S(=O)(=O)NCCNCC. The van der Waals surface area contributed by atoms with E-state index in [4.69, 9.17) is 0 Å². The Bertz CT molecular complexity index is 602. The highest BCUT2D eigenvalue weighted by Crippen LogP contribution is 2.17. The predicted octanol–water partition coefficient (Wildman–Crippen LogP) is 1.45. The van der Waals surface area contributed by atoms with Crippen molar-refractivity contribution in [2.45, 2.75) is 31.6 Å². The molecule has 0 radical (unpaired) electrons. The van der Waals surface area contributed by atoms with Crippen LogP contribution >= 0.6 is 0 Å². The molecule has 0 spiro atoms. The zero-order valence-corrected chi connectivity index (χ0v) is 14.9. The second-order valence-electron chi connectivity index (χ2n) is 5.33. The van der Waals surface area contributed by atoms with Crippen molar-refractivity contribution in [1.29, 1.82) is 0 Å². The van der Waals surface area contributed by atoms with Gasteiger partial charge < -0.3 is 10.2 Å². The van der Waals surface area contributed by atoms with E-state index >= 15 is 0 Å². The van der Waals surface area contributed by atoms with E-state index in [-0.39, 0.29) is 22.9 Å². The molecule has 0 heterocycles. The fourth-order valence-corrected chi connectivity index (χ4v) is 3.34. The van der Waals surface area contributed by atoms with Crippen molar-refractivity contribution in [2.24, 2.45) is 0 Å². The number of likely N-dealkylation sites (N-methyl/N-ethyl adjacent to an activating group) is 1. The maximum Gasteiger partial charge on any atom is 0.254 e. The van der Waals surface area contributed by atoms with Gasteiger partial charge in [-0.1, -0.05) is 32.4 Å². The summed E-state index contributed by atoms with van der Waals surface area (Å²) in [5, 5.41) is 3.05. The molecular formula is C16H27N3O3S. The van der Waals surface area contributed by atoms with Crippen LogP contribution in [-0.4, -0.2) is 52.5 Å². The molecule has 0 bridgehead atoms. The molecule has 1 aromatic carbocycles. The standard InChI is InChI=1S/C16H27N3O3S/c1-4-6-13-19(3)16(20)14-9-7-8-10-15(14)23(21,22)18-12-11-17-5-2/h7-10,17-18H,4-6,11-13H2,1-3H3. The molecule has 1 rings (SSSR count). The van der Waals surface area contributed by atoms with Gasteiger partial charge in [-0.05, 0) is 25.1 Å². The van der Waals surface area contributed by atoms with E-state index in [1.54, 1.807) is 30.1 Å². The lowest BCUT2D eigenvalue weighted by atomic mass is 10.2. The van der Waals surface area contributed by atoms with Gasteiger partial charge in [-0.2, -0.15) is 0 Å². The van der Waals surface area contributed by atoms with Crippen molar-refractivity contribution >= 4 is 15.9 Å². The smallest absolute Gasteiger partial charge is 0.254 e. The van der Waals surface area contributed by atoms with Crippen LogP contribution in [0.5, 0.6) is 0 Å². The molecule has 2 N–H and O–H groups in total. The van der Waals surface area contributed by atoms with E-state index in [1.165, 1.54) is 6.07 Å². The van der Waals surface area contributed by atoms with E-state index in [0.717, 1.165) is 19.4 Å². The van der Waals surface area contributed by atoms with Crippen LogP contribution in [0.3, 0.4) is 0 Å². The van der Waals surface area contributed by atoms with E-state index in [0.29, 0.717) is 13.1 Å². The van der Waals surface area contributed by atoms with Crippen molar-refractivity contribution in [3.63, 3.8) is 0 Å². The highest BCUT2D eigenvalue weighted by Gasteiger charge is 2.23. The highest BCUT2D eigenvalue weighted by molar-refractivity contribution is 7.89. The fourth-order valence-electron chi connectivity index (χ4n) is 2.11. The van der Waals surface area contributed by atoms with Crippen molar-refractivity contribution < 1.29 is 13.2 Å². The predicted molar refractivity (Wildman–Crippen MR) is 92.0 cm³/mol. The summed E-state index contributed by atoms with van der Waals surface area (Å²) in [5.74, 6) is -0.272. The zero-order valence-electron chi connectivity index (χ0n) is 14.1. The number of carbonyl (C=O) groups is 1. The Kier molecular flexibility index (Phi) is 8.22. The minimum Gasteiger partial charge on any atom is -0.342 e. The van der Waals surface area contributed by atoms with Crippen LogP contribution in [0.15, 0.2) is 29.2 Å². The van der Waals surface area contributed by atoms with Gasteiger partial charge in [0, 0.05) is 26.7 Å². The van der Waals surface area contributed by atoms with Gasteiger partial charge in [0.2, 0.25) is 10.0 Å². The number of unbranched alkanes of at least 4 members (excludes halogenated alkanes) is 1. The van der Waals surface area contributed by atoms with Crippen LogP contribution in [0.25, 0.3) is 0 Å². The summed E-state index contributed by atoms with van der Waals surface area (Å²) in [6.45, 7) is 6.21. The summed E-state index contributed by atoms with van der Waals surface area (Å²) in [5.41, 5.74) is 0.210. The van der Waals surface area contributed by atoms with Crippen LogP contribution in [0.1, 0.15) is 37.0 Å². The fraction of sp³-hybridized carbons (Fsp3) is 0.562. The summed E-state index contributed by atoms with van der Waals surface area (Å²) in [4.78, 5) is 14.1. The molecule has 1 aromatic rings. The normalized spacial score (nSPS) is 11.4. The minimum absolute atomic E-state index is 0.0323. The summed E-state index contributed by atoms with van der Waals surface area (Å²) >= 11 is 0. The number of nitrogens with zero attached hydrogens (tertiary/aromatic N) is 1. The largest absolute Gasteiger partial charge is 0.342 e. The van der Waals surface area contributed by atoms with E-state index in [1.807, 2.05) is 13.8 Å². The topological polar surface area (TPSA) is 78.5 Å². The number of hydrogen-bond acceptors (Lipinski definition) is 4. The maximum atomic E-state index is 12.5. The van der Waals surface area contributed by atoms with Gasteiger partial charge in [-0.25, -0.2) is 13.1 Å². The zero-order chi connectivity index (χ0) is 17.3. The van der Waals surface area contributed by atoms with Crippen molar-refractivity contribution in [1.82, 2.24) is 14.9 Å². The lowest BCUT2D eigenvalue weighted by Gasteiger charge is -2.19. The van der Waals surface area contributed by atoms with E-state index in [9.17, 15) is 13.2 Å². The monoisotopic (exact) mass is 341 g/mol. The molecule has 7 heteroatoms. The molecule has 0 aliphatic rings. The lowest BCUT2D eigenvalue weighted by molar-refractivity contribution is 0.0789.